The van der Waals surface area contributed by atoms with E-state index in [9.17, 15) is 12.8 Å². The van der Waals surface area contributed by atoms with Crippen LogP contribution in [0.15, 0.2) is 65.8 Å². The van der Waals surface area contributed by atoms with Gasteiger partial charge in [0.05, 0.1) is 16.8 Å². The van der Waals surface area contributed by atoms with Gasteiger partial charge >= 0.3 is 0 Å². The second-order valence-electron chi connectivity index (χ2n) is 6.81. The second-order valence-corrected chi connectivity index (χ2v) is 8.46. The molecule has 10 heteroatoms. The average molecular weight is 463 g/mol. The molecule has 0 fully saturated rings. The SMILES string of the molecule is N=Cc1cc(C#Cc2c(F)ccc(NS(=O)(=O)c3cccc4cccnc34)c2F)cnc1N. The molecule has 0 saturated heterocycles. The minimum Gasteiger partial charge on any atom is -0.383 e. The Morgan fingerprint density at radius 1 is 1.06 bits per heavy atom. The third-order valence-corrected chi connectivity index (χ3v) is 6.05. The zero-order valence-electron chi connectivity index (χ0n) is 16.8. The van der Waals surface area contributed by atoms with Gasteiger partial charge in [0.2, 0.25) is 0 Å². The molecule has 0 aliphatic rings. The van der Waals surface area contributed by atoms with Crippen LogP contribution < -0.4 is 10.5 Å². The van der Waals surface area contributed by atoms with Crippen LogP contribution in [0.25, 0.3) is 10.9 Å². The Balaban J connectivity index is 1.73. The number of rotatable bonds is 4. The summed E-state index contributed by atoms with van der Waals surface area (Å²) in [5.74, 6) is 2.89. The molecule has 33 heavy (non-hydrogen) atoms. The van der Waals surface area contributed by atoms with E-state index in [1.807, 2.05) is 0 Å². The van der Waals surface area contributed by atoms with Crippen molar-refractivity contribution in [1.82, 2.24) is 9.97 Å². The molecule has 0 bridgehead atoms. The normalized spacial score (nSPS) is 11.0. The molecule has 4 aromatic rings. The molecular weight excluding hydrogens is 448 g/mol. The number of sulfonamides is 1. The molecule has 0 unspecified atom stereocenters. The summed E-state index contributed by atoms with van der Waals surface area (Å²) in [6, 6.07) is 11.3. The second kappa shape index (κ2) is 8.64. The number of nitrogens with two attached hydrogens (primary N) is 1. The highest BCUT2D eigenvalue weighted by Crippen LogP contribution is 2.26. The summed E-state index contributed by atoms with van der Waals surface area (Å²) in [6.45, 7) is 0. The van der Waals surface area contributed by atoms with Gasteiger partial charge < -0.3 is 11.1 Å². The van der Waals surface area contributed by atoms with Crippen molar-refractivity contribution in [3.63, 3.8) is 0 Å². The van der Waals surface area contributed by atoms with Crippen LogP contribution >= 0.6 is 0 Å². The number of aromatic nitrogens is 2. The summed E-state index contributed by atoms with van der Waals surface area (Å²) in [6.07, 6.45) is 3.72. The Morgan fingerprint density at radius 3 is 2.64 bits per heavy atom. The van der Waals surface area contributed by atoms with Crippen molar-refractivity contribution in [2.75, 3.05) is 10.5 Å². The highest BCUT2D eigenvalue weighted by molar-refractivity contribution is 7.93. The summed E-state index contributed by atoms with van der Waals surface area (Å²) in [5, 5.41) is 7.89. The predicted molar refractivity (Wildman–Crippen MR) is 121 cm³/mol. The van der Waals surface area contributed by atoms with Crippen molar-refractivity contribution >= 4 is 38.6 Å². The predicted octanol–water partition coefficient (Wildman–Crippen LogP) is 3.69. The van der Waals surface area contributed by atoms with E-state index in [0.29, 0.717) is 10.9 Å². The number of pyridine rings is 2. The third-order valence-electron chi connectivity index (χ3n) is 4.66. The van der Waals surface area contributed by atoms with Crippen LogP contribution in [0.4, 0.5) is 20.3 Å². The van der Waals surface area contributed by atoms with Crippen LogP contribution in [0.2, 0.25) is 0 Å². The molecule has 0 atom stereocenters. The third kappa shape index (κ3) is 4.35. The van der Waals surface area contributed by atoms with Gasteiger partial charge in [0, 0.05) is 35.1 Å². The lowest BCUT2D eigenvalue weighted by molar-refractivity contribution is 0.578. The molecule has 4 rings (SSSR count). The first-order valence-electron chi connectivity index (χ1n) is 9.43. The van der Waals surface area contributed by atoms with Gasteiger partial charge in [-0.1, -0.05) is 30.0 Å². The highest BCUT2D eigenvalue weighted by atomic mass is 32.2. The number of hydrogen-bond acceptors (Lipinski definition) is 6. The zero-order valence-corrected chi connectivity index (χ0v) is 17.6. The molecule has 0 radical (unpaired) electrons. The lowest BCUT2D eigenvalue weighted by Gasteiger charge is -2.11. The van der Waals surface area contributed by atoms with Gasteiger partial charge in [0.15, 0.2) is 5.82 Å². The quantitative estimate of drug-likeness (QED) is 0.315. The van der Waals surface area contributed by atoms with Crippen LogP contribution in [-0.4, -0.2) is 24.6 Å². The van der Waals surface area contributed by atoms with E-state index in [1.54, 1.807) is 24.3 Å². The summed E-state index contributed by atoms with van der Waals surface area (Å²) in [4.78, 5) is 7.82. The molecule has 0 aliphatic heterocycles. The maximum atomic E-state index is 15.0. The largest absolute Gasteiger partial charge is 0.383 e. The Morgan fingerprint density at radius 2 is 1.85 bits per heavy atom. The number of nitrogens with zero attached hydrogens (tertiary/aromatic N) is 2. The standard InChI is InChI=1S/C23H15F2N5O2S/c24-18-8-9-19(21(25)17(18)7-6-14-11-16(12-26)23(27)29-13-14)30-33(31,32)20-5-1-3-15-4-2-10-28-22(15)20/h1-5,8-13,26,30H,(H2,27,29). The van der Waals surface area contributed by atoms with Crippen molar-refractivity contribution in [2.24, 2.45) is 0 Å². The number of benzene rings is 2. The summed E-state index contributed by atoms with van der Waals surface area (Å²) >= 11 is 0. The average Bonchev–Trinajstić information content (AvgIpc) is 2.81. The summed E-state index contributed by atoms with van der Waals surface area (Å²) in [5.41, 5.74) is 5.31. The van der Waals surface area contributed by atoms with E-state index < -0.39 is 32.9 Å². The molecule has 164 valence electrons. The summed E-state index contributed by atoms with van der Waals surface area (Å²) < 4.78 is 57.4. The highest BCUT2D eigenvalue weighted by Gasteiger charge is 2.22. The van der Waals surface area contributed by atoms with E-state index in [2.05, 4.69) is 26.5 Å². The Bertz CT molecular complexity index is 1570. The number of hydrogen-bond donors (Lipinski definition) is 3. The van der Waals surface area contributed by atoms with Crippen LogP contribution in [0, 0.1) is 28.9 Å². The lowest BCUT2D eigenvalue weighted by atomic mass is 10.1. The minimum atomic E-state index is -4.24. The van der Waals surface area contributed by atoms with Gasteiger partial charge in [0.1, 0.15) is 16.5 Å². The van der Waals surface area contributed by atoms with E-state index >= 15 is 4.39 Å². The van der Waals surface area contributed by atoms with Gasteiger partial charge in [-0.05, 0) is 30.3 Å². The smallest absolute Gasteiger partial charge is 0.264 e. The maximum Gasteiger partial charge on any atom is 0.264 e. The van der Waals surface area contributed by atoms with Crippen molar-refractivity contribution < 1.29 is 17.2 Å². The number of fused-ring (bicyclic) bond motifs is 1. The van der Waals surface area contributed by atoms with Crippen molar-refractivity contribution in [1.29, 1.82) is 5.41 Å². The Labute approximate surface area is 187 Å². The first-order chi connectivity index (χ1) is 15.8. The fourth-order valence-electron chi connectivity index (χ4n) is 3.05. The van der Waals surface area contributed by atoms with Crippen molar-refractivity contribution in [3.8, 4) is 11.8 Å². The molecule has 0 amide bonds. The monoisotopic (exact) mass is 463 g/mol. The fourth-order valence-corrected chi connectivity index (χ4v) is 4.29. The van der Waals surface area contributed by atoms with Gasteiger partial charge in [-0.25, -0.2) is 22.2 Å². The topological polar surface area (TPSA) is 122 Å². The first kappa shape index (κ1) is 21.9. The van der Waals surface area contributed by atoms with E-state index in [0.717, 1.165) is 18.3 Å². The van der Waals surface area contributed by atoms with Crippen LogP contribution in [-0.2, 0) is 10.0 Å². The van der Waals surface area contributed by atoms with E-state index in [-0.39, 0.29) is 21.8 Å². The van der Waals surface area contributed by atoms with Crippen LogP contribution in [0.3, 0.4) is 0 Å². The van der Waals surface area contributed by atoms with E-state index in [4.69, 9.17) is 11.1 Å². The molecule has 2 aromatic heterocycles. The first-order valence-corrected chi connectivity index (χ1v) is 10.9. The molecule has 7 nitrogen and oxygen atoms in total. The molecule has 0 spiro atoms. The number of nitrogen functional groups attached to an aromatic ring is 1. The maximum absolute atomic E-state index is 15.0. The number of nitrogens with one attached hydrogen (secondary N) is 2. The molecule has 0 aliphatic carbocycles. The van der Waals surface area contributed by atoms with Gasteiger partial charge in [-0.15, -0.1) is 0 Å². The van der Waals surface area contributed by atoms with Crippen LogP contribution in [0.1, 0.15) is 16.7 Å². The molecule has 2 heterocycles. The van der Waals surface area contributed by atoms with Gasteiger partial charge in [-0.3, -0.25) is 9.71 Å². The molecule has 2 aromatic carbocycles. The Hall–Kier alpha value is -4.36. The molecular formula is C23H15F2N5O2S. The number of halogens is 2. The van der Waals surface area contributed by atoms with Crippen LogP contribution in [0.5, 0.6) is 0 Å². The lowest BCUT2D eigenvalue weighted by Crippen LogP contribution is -2.15. The molecule has 4 N–H and O–H groups in total. The zero-order chi connectivity index (χ0) is 23.6. The van der Waals surface area contributed by atoms with Gasteiger partial charge in [0.25, 0.3) is 10.0 Å². The van der Waals surface area contributed by atoms with Crippen molar-refractivity contribution in [3.05, 3.63) is 89.2 Å². The van der Waals surface area contributed by atoms with Gasteiger partial charge in [-0.2, -0.15) is 0 Å². The fraction of sp³-hybridized carbons (Fsp3) is 0. The minimum absolute atomic E-state index is 0.118. The molecule has 0 saturated carbocycles. The number of anilines is 2. The summed E-state index contributed by atoms with van der Waals surface area (Å²) in [7, 11) is -4.24. The Kier molecular flexibility index (Phi) is 5.72. The van der Waals surface area contributed by atoms with E-state index in [1.165, 1.54) is 24.5 Å². The van der Waals surface area contributed by atoms with Crippen molar-refractivity contribution in [2.45, 2.75) is 4.90 Å². The number of para-hydroxylation sites is 1.